The molecule has 1 unspecified atom stereocenters. The molecule has 3 aliphatic rings. The van der Waals surface area contributed by atoms with Crippen molar-refractivity contribution in [1.82, 2.24) is 10.2 Å². The summed E-state index contributed by atoms with van der Waals surface area (Å²) < 4.78 is 4.99. The standard InChI is InChI=1S/C15H19N3O3S/c1-10-12(22-15-17-6-3-8-18(10)15)13(19)16-7-5-11-4-2-9-21-14(11)20/h2,4,9,14,20H,3,5-8H2,1H3,(H,16,19). The number of carbonyl (C=O) groups excluding carboxylic acids is 1. The fraction of sp³-hybridized carbons (Fsp3) is 0.467. The Balaban J connectivity index is 1.55. The second kappa shape index (κ2) is 6.58. The van der Waals surface area contributed by atoms with E-state index in [0.29, 0.717) is 13.0 Å². The fourth-order valence-corrected chi connectivity index (χ4v) is 3.64. The largest absolute Gasteiger partial charge is 0.469 e. The Bertz CT molecular complexity index is 595. The van der Waals surface area contributed by atoms with Crippen molar-refractivity contribution < 1.29 is 14.6 Å². The molecule has 0 saturated heterocycles. The lowest BCUT2D eigenvalue weighted by Crippen LogP contribution is -2.29. The van der Waals surface area contributed by atoms with E-state index in [-0.39, 0.29) is 5.91 Å². The smallest absolute Gasteiger partial charge is 0.259 e. The number of rotatable bonds is 4. The van der Waals surface area contributed by atoms with Gasteiger partial charge in [-0.05, 0) is 43.2 Å². The Morgan fingerprint density at radius 2 is 2.50 bits per heavy atom. The Labute approximate surface area is 133 Å². The number of fused-ring (bicyclic) bond motifs is 1. The Kier molecular flexibility index (Phi) is 4.54. The zero-order valence-corrected chi connectivity index (χ0v) is 13.2. The predicted octanol–water partition coefficient (Wildman–Crippen LogP) is 1.32. The van der Waals surface area contributed by atoms with E-state index in [1.165, 1.54) is 18.0 Å². The highest BCUT2D eigenvalue weighted by molar-refractivity contribution is 8.18. The van der Waals surface area contributed by atoms with Crippen molar-refractivity contribution in [3.8, 4) is 0 Å². The van der Waals surface area contributed by atoms with Crippen LogP contribution in [0.1, 0.15) is 19.8 Å². The first-order chi connectivity index (χ1) is 10.7. The molecular weight excluding hydrogens is 302 g/mol. The zero-order chi connectivity index (χ0) is 15.5. The topological polar surface area (TPSA) is 74.2 Å². The Hall–Kier alpha value is -1.73. The molecule has 0 saturated carbocycles. The molecule has 0 aromatic rings. The summed E-state index contributed by atoms with van der Waals surface area (Å²) in [5, 5.41) is 13.5. The van der Waals surface area contributed by atoms with Crippen LogP contribution in [0.5, 0.6) is 0 Å². The van der Waals surface area contributed by atoms with Crippen molar-refractivity contribution in [1.29, 1.82) is 0 Å². The lowest BCUT2D eigenvalue weighted by molar-refractivity contribution is -0.116. The van der Waals surface area contributed by atoms with E-state index in [1.807, 2.05) is 13.0 Å². The molecule has 0 aromatic heterocycles. The Morgan fingerprint density at radius 1 is 1.64 bits per heavy atom. The summed E-state index contributed by atoms with van der Waals surface area (Å²) in [5.41, 5.74) is 1.73. The monoisotopic (exact) mass is 321 g/mol. The van der Waals surface area contributed by atoms with E-state index in [9.17, 15) is 9.90 Å². The molecule has 0 aromatic carbocycles. The highest BCUT2D eigenvalue weighted by Gasteiger charge is 2.31. The van der Waals surface area contributed by atoms with Crippen LogP contribution in [0.4, 0.5) is 0 Å². The van der Waals surface area contributed by atoms with Crippen LogP contribution in [0, 0.1) is 0 Å². The van der Waals surface area contributed by atoms with Crippen molar-refractivity contribution in [2.75, 3.05) is 19.6 Å². The molecule has 0 bridgehead atoms. The van der Waals surface area contributed by atoms with Gasteiger partial charge in [-0.25, -0.2) is 0 Å². The first-order valence-corrected chi connectivity index (χ1v) is 8.16. The van der Waals surface area contributed by atoms with Crippen molar-refractivity contribution in [3.63, 3.8) is 0 Å². The van der Waals surface area contributed by atoms with Crippen molar-refractivity contribution >= 4 is 22.8 Å². The second-order valence-corrected chi connectivity index (χ2v) is 6.23. The molecule has 3 aliphatic heterocycles. The van der Waals surface area contributed by atoms with Crippen molar-refractivity contribution in [2.45, 2.75) is 26.1 Å². The number of nitrogens with one attached hydrogen (secondary N) is 1. The van der Waals surface area contributed by atoms with Crippen LogP contribution < -0.4 is 5.32 Å². The number of amidine groups is 1. The molecule has 0 radical (unpaired) electrons. The summed E-state index contributed by atoms with van der Waals surface area (Å²) >= 11 is 1.44. The third kappa shape index (κ3) is 3.05. The SMILES string of the molecule is CC1=C(C(=O)NCCC2=CC=COC2O)SC2=NCCCN21. The van der Waals surface area contributed by atoms with Gasteiger partial charge in [0.15, 0.2) is 5.17 Å². The quantitative estimate of drug-likeness (QED) is 0.817. The lowest BCUT2D eigenvalue weighted by Gasteiger charge is -2.23. The summed E-state index contributed by atoms with van der Waals surface area (Å²) in [4.78, 5) is 19.6. The molecular formula is C15H19N3O3S. The van der Waals surface area contributed by atoms with Gasteiger partial charge in [-0.2, -0.15) is 0 Å². The normalized spacial score (nSPS) is 23.7. The van der Waals surface area contributed by atoms with Crippen LogP contribution >= 0.6 is 11.8 Å². The average Bonchev–Trinajstić information content (AvgIpc) is 2.87. The van der Waals surface area contributed by atoms with Crippen LogP contribution in [-0.4, -0.2) is 47.0 Å². The molecule has 0 fully saturated rings. The third-order valence-corrected chi connectivity index (χ3v) is 4.98. The maximum atomic E-state index is 12.3. The van der Waals surface area contributed by atoms with Gasteiger partial charge in [0.2, 0.25) is 6.29 Å². The van der Waals surface area contributed by atoms with Crippen LogP contribution in [0.15, 0.2) is 39.6 Å². The van der Waals surface area contributed by atoms with Crippen molar-refractivity contribution in [3.05, 3.63) is 34.6 Å². The van der Waals surface area contributed by atoms with Crippen LogP contribution in [0.25, 0.3) is 0 Å². The number of aliphatic hydroxyl groups excluding tert-OH is 1. The van der Waals surface area contributed by atoms with Gasteiger partial charge in [0.05, 0.1) is 11.2 Å². The lowest BCUT2D eigenvalue weighted by atomic mass is 10.1. The van der Waals surface area contributed by atoms with Crippen LogP contribution in [0.3, 0.4) is 0 Å². The number of amides is 1. The van der Waals surface area contributed by atoms with E-state index < -0.39 is 6.29 Å². The van der Waals surface area contributed by atoms with Gasteiger partial charge >= 0.3 is 0 Å². The van der Waals surface area contributed by atoms with Crippen molar-refractivity contribution in [2.24, 2.45) is 4.99 Å². The highest BCUT2D eigenvalue weighted by atomic mass is 32.2. The number of thioether (sulfide) groups is 1. The second-order valence-electron chi connectivity index (χ2n) is 5.25. The molecule has 1 atom stereocenters. The minimum Gasteiger partial charge on any atom is -0.469 e. The van der Waals surface area contributed by atoms with E-state index >= 15 is 0 Å². The van der Waals surface area contributed by atoms with E-state index in [4.69, 9.17) is 4.74 Å². The molecule has 7 heteroatoms. The number of allylic oxidation sites excluding steroid dienone is 3. The molecule has 22 heavy (non-hydrogen) atoms. The van der Waals surface area contributed by atoms with Crippen LogP contribution in [-0.2, 0) is 9.53 Å². The van der Waals surface area contributed by atoms with E-state index in [2.05, 4.69) is 15.2 Å². The number of aliphatic imine (C=N–C) groups is 1. The maximum absolute atomic E-state index is 12.3. The molecule has 0 spiro atoms. The van der Waals surface area contributed by atoms with Crippen LogP contribution in [0.2, 0.25) is 0 Å². The van der Waals surface area contributed by atoms with Gasteiger partial charge in [-0.1, -0.05) is 6.08 Å². The summed E-state index contributed by atoms with van der Waals surface area (Å²) in [6.45, 7) is 4.18. The number of carbonyl (C=O) groups is 1. The predicted molar refractivity (Wildman–Crippen MR) is 85.9 cm³/mol. The molecule has 118 valence electrons. The number of hydrogen-bond donors (Lipinski definition) is 2. The minimum atomic E-state index is -0.910. The van der Waals surface area contributed by atoms with Gasteiger partial charge in [0, 0.05) is 25.3 Å². The molecule has 3 rings (SSSR count). The zero-order valence-electron chi connectivity index (χ0n) is 12.4. The van der Waals surface area contributed by atoms with Gasteiger partial charge in [0.1, 0.15) is 0 Å². The maximum Gasteiger partial charge on any atom is 0.259 e. The molecule has 6 nitrogen and oxygen atoms in total. The fourth-order valence-electron chi connectivity index (χ4n) is 2.54. The first kappa shape index (κ1) is 15.2. The van der Waals surface area contributed by atoms with E-state index in [0.717, 1.165) is 40.9 Å². The summed E-state index contributed by atoms with van der Waals surface area (Å²) in [5.74, 6) is -0.0815. The molecule has 2 N–H and O–H groups in total. The molecule has 3 heterocycles. The molecule has 0 aliphatic carbocycles. The first-order valence-electron chi connectivity index (χ1n) is 7.35. The number of aliphatic hydroxyl groups is 1. The number of hydrogen-bond acceptors (Lipinski definition) is 6. The minimum absolute atomic E-state index is 0.0815. The third-order valence-electron chi connectivity index (χ3n) is 3.76. The number of nitrogens with zero attached hydrogens (tertiary/aromatic N) is 2. The van der Waals surface area contributed by atoms with Gasteiger partial charge in [-0.3, -0.25) is 9.79 Å². The number of ether oxygens (including phenoxy) is 1. The van der Waals surface area contributed by atoms with E-state index in [1.54, 1.807) is 6.08 Å². The molecule has 1 amide bonds. The van der Waals surface area contributed by atoms with Gasteiger partial charge in [-0.15, -0.1) is 0 Å². The summed E-state index contributed by atoms with van der Waals surface area (Å²) in [7, 11) is 0. The highest BCUT2D eigenvalue weighted by Crippen LogP contribution is 2.35. The van der Waals surface area contributed by atoms with Gasteiger partial charge < -0.3 is 20.1 Å². The van der Waals surface area contributed by atoms with Gasteiger partial charge in [0.25, 0.3) is 5.91 Å². The average molecular weight is 321 g/mol. The summed E-state index contributed by atoms with van der Waals surface area (Å²) in [6.07, 6.45) is 5.66. The Morgan fingerprint density at radius 3 is 3.27 bits per heavy atom. The summed E-state index contributed by atoms with van der Waals surface area (Å²) in [6, 6.07) is 0.